The molecule has 2 aliphatic carbocycles. The number of pyridine rings is 1. The highest BCUT2D eigenvalue weighted by Crippen LogP contribution is 2.46. The van der Waals surface area contributed by atoms with Crippen LogP contribution >= 0.6 is 0 Å². The number of hydrogen-bond donors (Lipinski definition) is 2. The van der Waals surface area contributed by atoms with E-state index in [0.717, 1.165) is 34.7 Å². The molecule has 5 heterocycles. The first-order chi connectivity index (χ1) is 20.6. The van der Waals surface area contributed by atoms with Crippen LogP contribution in [0.15, 0.2) is 36.8 Å². The highest BCUT2D eigenvalue weighted by Gasteiger charge is 2.46. The summed E-state index contributed by atoms with van der Waals surface area (Å²) in [4.78, 5) is 63.4. The molecule has 13 nitrogen and oxygen atoms in total. The molecule has 3 fully saturated rings. The van der Waals surface area contributed by atoms with E-state index < -0.39 is 0 Å². The number of anilines is 3. The Morgan fingerprint density at radius 3 is 2.56 bits per heavy atom. The fourth-order valence-electron chi connectivity index (χ4n) is 5.59. The Kier molecular flexibility index (Phi) is 6.33. The van der Waals surface area contributed by atoms with Crippen molar-refractivity contribution >= 4 is 40.8 Å². The maximum Gasteiger partial charge on any atom is 0.331 e. The molecule has 13 heteroatoms. The van der Waals surface area contributed by atoms with Crippen LogP contribution in [0.5, 0.6) is 0 Å². The van der Waals surface area contributed by atoms with Crippen LogP contribution < -0.4 is 15.5 Å². The first-order valence-corrected chi connectivity index (χ1v) is 14.5. The zero-order valence-electron chi connectivity index (χ0n) is 24.4. The smallest absolute Gasteiger partial charge is 0.331 e. The summed E-state index contributed by atoms with van der Waals surface area (Å²) < 4.78 is 1.94. The molecule has 1 aliphatic heterocycles. The number of nitrogens with zero attached hydrogens (tertiary/aromatic N) is 8. The predicted molar refractivity (Wildman–Crippen MR) is 158 cm³/mol. The average molecular weight is 581 g/mol. The van der Waals surface area contributed by atoms with Crippen LogP contribution in [0.3, 0.4) is 0 Å². The number of fused-ring (bicyclic) bond motifs is 1. The van der Waals surface area contributed by atoms with Crippen LogP contribution in [-0.4, -0.2) is 65.7 Å². The second-order valence-corrected chi connectivity index (χ2v) is 11.7. The minimum atomic E-state index is -0.356. The highest BCUT2D eigenvalue weighted by atomic mass is 16.2. The second kappa shape index (κ2) is 10.1. The SMILES string of the molecule is Cc1ccnc(C2CC2C(=O)Nc2cc(N[C@@H](C)c3cn4cc(C5CC5)cc(N5CC(=O)N(C)C5=O)c4n3)nc(C)n2)n1. The number of urea groups is 1. The third-order valence-corrected chi connectivity index (χ3v) is 8.27. The molecule has 220 valence electrons. The lowest BCUT2D eigenvalue weighted by Crippen LogP contribution is -2.30. The second-order valence-electron chi connectivity index (χ2n) is 11.7. The van der Waals surface area contributed by atoms with Gasteiger partial charge in [0.1, 0.15) is 29.8 Å². The summed E-state index contributed by atoms with van der Waals surface area (Å²) in [7, 11) is 1.50. The van der Waals surface area contributed by atoms with Gasteiger partial charge in [-0.3, -0.25) is 19.4 Å². The van der Waals surface area contributed by atoms with E-state index in [4.69, 9.17) is 4.98 Å². The summed E-state index contributed by atoms with van der Waals surface area (Å²) in [6.45, 7) is 5.64. The molecule has 0 aromatic carbocycles. The van der Waals surface area contributed by atoms with Crippen molar-refractivity contribution in [1.29, 1.82) is 0 Å². The van der Waals surface area contributed by atoms with Gasteiger partial charge in [-0.1, -0.05) is 0 Å². The van der Waals surface area contributed by atoms with E-state index in [1.807, 2.05) is 36.6 Å². The zero-order valence-corrected chi connectivity index (χ0v) is 24.4. The molecular weight excluding hydrogens is 548 g/mol. The summed E-state index contributed by atoms with van der Waals surface area (Å²) in [5.41, 5.74) is 3.97. The van der Waals surface area contributed by atoms with Gasteiger partial charge >= 0.3 is 6.03 Å². The van der Waals surface area contributed by atoms with Gasteiger partial charge in [0.2, 0.25) is 11.8 Å². The fraction of sp³-hybridized carbons (Fsp3) is 0.400. The van der Waals surface area contributed by atoms with Crippen molar-refractivity contribution in [3.05, 3.63) is 65.4 Å². The van der Waals surface area contributed by atoms with Gasteiger partial charge in [-0.25, -0.2) is 29.7 Å². The molecule has 2 unspecified atom stereocenters. The first kappa shape index (κ1) is 26.9. The van der Waals surface area contributed by atoms with E-state index in [1.165, 1.54) is 11.9 Å². The van der Waals surface area contributed by atoms with Gasteiger partial charge in [-0.2, -0.15) is 0 Å². The van der Waals surface area contributed by atoms with Crippen molar-refractivity contribution in [3.63, 3.8) is 0 Å². The molecule has 0 radical (unpaired) electrons. The maximum absolute atomic E-state index is 13.0. The molecule has 1 saturated heterocycles. The monoisotopic (exact) mass is 580 g/mol. The Morgan fingerprint density at radius 1 is 1.05 bits per heavy atom. The van der Waals surface area contributed by atoms with E-state index >= 15 is 0 Å². The van der Waals surface area contributed by atoms with Gasteiger partial charge < -0.3 is 15.0 Å². The lowest BCUT2D eigenvalue weighted by Gasteiger charge is -2.17. The Morgan fingerprint density at radius 2 is 1.84 bits per heavy atom. The Bertz CT molecular complexity index is 1800. The largest absolute Gasteiger partial charge is 0.362 e. The van der Waals surface area contributed by atoms with E-state index in [0.29, 0.717) is 47.0 Å². The van der Waals surface area contributed by atoms with E-state index in [-0.39, 0.29) is 42.3 Å². The Hall–Kier alpha value is -4.94. The number of rotatable bonds is 8. The van der Waals surface area contributed by atoms with Crippen molar-refractivity contribution in [1.82, 2.24) is 34.2 Å². The number of likely N-dealkylation sites (N-methyl/N-ethyl adjacent to an activating group) is 1. The third-order valence-electron chi connectivity index (χ3n) is 8.27. The summed E-state index contributed by atoms with van der Waals surface area (Å²) >= 11 is 0. The minimum absolute atomic E-state index is 0.00944. The quantitative estimate of drug-likeness (QED) is 0.297. The van der Waals surface area contributed by atoms with E-state index in [1.54, 1.807) is 19.2 Å². The van der Waals surface area contributed by atoms with E-state index in [9.17, 15) is 14.4 Å². The molecule has 4 amide bonds. The molecule has 7 rings (SSSR count). The number of aromatic nitrogens is 6. The number of carbonyl (C=O) groups is 3. The highest BCUT2D eigenvalue weighted by molar-refractivity contribution is 6.13. The van der Waals surface area contributed by atoms with Gasteiger partial charge in [0, 0.05) is 49.2 Å². The van der Waals surface area contributed by atoms with Crippen LogP contribution in [0.25, 0.3) is 5.65 Å². The van der Waals surface area contributed by atoms with Crippen LogP contribution in [0, 0.1) is 19.8 Å². The Balaban J connectivity index is 1.10. The zero-order chi connectivity index (χ0) is 30.0. The number of imidazole rings is 1. The molecule has 0 bridgehead atoms. The number of carbonyl (C=O) groups excluding carboxylic acids is 3. The van der Waals surface area contributed by atoms with Crippen LogP contribution in [0.4, 0.5) is 22.1 Å². The number of imide groups is 1. The third kappa shape index (κ3) is 5.15. The topological polar surface area (TPSA) is 151 Å². The first-order valence-electron chi connectivity index (χ1n) is 14.5. The summed E-state index contributed by atoms with van der Waals surface area (Å²) in [5, 5.41) is 6.31. The van der Waals surface area contributed by atoms with Crippen molar-refractivity contribution in [2.45, 2.75) is 57.9 Å². The summed E-state index contributed by atoms with van der Waals surface area (Å²) in [5.74, 6) is 2.06. The summed E-state index contributed by atoms with van der Waals surface area (Å²) in [6, 6.07) is 4.92. The van der Waals surface area contributed by atoms with Gasteiger partial charge in [-0.05, 0) is 63.6 Å². The van der Waals surface area contributed by atoms with Crippen molar-refractivity contribution in [3.8, 4) is 0 Å². The number of amides is 4. The lowest BCUT2D eigenvalue weighted by atomic mass is 10.1. The minimum Gasteiger partial charge on any atom is -0.362 e. The molecule has 43 heavy (non-hydrogen) atoms. The normalized spacial score (nSPS) is 20.6. The van der Waals surface area contributed by atoms with Gasteiger partial charge in [0.25, 0.3) is 0 Å². The number of nitrogens with one attached hydrogen (secondary N) is 2. The predicted octanol–water partition coefficient (Wildman–Crippen LogP) is 3.72. The van der Waals surface area contributed by atoms with Crippen LogP contribution in [0.1, 0.15) is 72.7 Å². The van der Waals surface area contributed by atoms with Crippen LogP contribution in [-0.2, 0) is 9.59 Å². The molecule has 2 saturated carbocycles. The van der Waals surface area contributed by atoms with Crippen molar-refractivity contribution in [2.24, 2.45) is 5.92 Å². The lowest BCUT2D eigenvalue weighted by molar-refractivity contribution is -0.124. The molecule has 3 aliphatic rings. The van der Waals surface area contributed by atoms with Gasteiger partial charge in [-0.15, -0.1) is 0 Å². The van der Waals surface area contributed by atoms with E-state index in [2.05, 4.69) is 36.8 Å². The Labute approximate surface area is 247 Å². The number of hydrogen-bond acceptors (Lipinski definition) is 9. The number of aryl methyl sites for hydroxylation is 2. The molecule has 4 aromatic rings. The van der Waals surface area contributed by atoms with Crippen molar-refractivity contribution in [2.75, 3.05) is 29.1 Å². The molecule has 2 N–H and O–H groups in total. The summed E-state index contributed by atoms with van der Waals surface area (Å²) in [6.07, 6.45) is 8.62. The maximum atomic E-state index is 13.0. The molecule has 3 atom stereocenters. The van der Waals surface area contributed by atoms with Gasteiger partial charge in [0.15, 0.2) is 5.65 Å². The molecule has 0 spiro atoms. The van der Waals surface area contributed by atoms with Crippen molar-refractivity contribution < 1.29 is 14.4 Å². The average Bonchev–Trinajstić information content (AvgIpc) is 3.89. The molecule has 4 aromatic heterocycles. The van der Waals surface area contributed by atoms with Gasteiger partial charge in [0.05, 0.1) is 17.4 Å². The molecular formula is C30H32N10O3. The standard InChI is InChI=1S/C30H32N10O3/c1-15-7-8-31-27(32-15)20-10-21(20)29(42)37-25-11-24(34-17(3)35-25)33-16(2)22-13-39-12-19(18-5-6-18)9-23(28(39)36-22)40-14-26(41)38(4)30(40)43/h7-9,11-13,16,18,20-21H,5-6,10,14H2,1-4H3,(H2,33,34,35,37,42)/t16-,20?,21?/m0/s1. The van der Waals surface area contributed by atoms with Crippen LogP contribution in [0.2, 0.25) is 0 Å². The fourth-order valence-corrected chi connectivity index (χ4v) is 5.59.